The van der Waals surface area contributed by atoms with Crippen LogP contribution in [0.25, 0.3) is 22.3 Å². The van der Waals surface area contributed by atoms with Gasteiger partial charge in [0.2, 0.25) is 0 Å². The molecule has 1 saturated carbocycles. The van der Waals surface area contributed by atoms with Gasteiger partial charge >= 0.3 is 6.09 Å². The molecule has 4 N–H and O–H groups in total. The first-order valence-electron chi connectivity index (χ1n) is 12.6. The highest BCUT2D eigenvalue weighted by Crippen LogP contribution is 2.45. The SMILES string of the molecule is CC(C)(C)OC(=O)N1CCC[C@H](Nc2ncnc3c(C(N)=O)cc(-c4ccc(C5(O)CC5)cc4)nc23)C1. The lowest BCUT2D eigenvalue weighted by Gasteiger charge is -2.34. The van der Waals surface area contributed by atoms with Crippen molar-refractivity contribution in [3.8, 4) is 11.3 Å². The monoisotopic (exact) mass is 504 g/mol. The van der Waals surface area contributed by atoms with Crippen LogP contribution in [-0.2, 0) is 10.3 Å². The number of nitrogens with two attached hydrogens (primary N) is 1. The fraction of sp³-hybridized carbons (Fsp3) is 0.444. The van der Waals surface area contributed by atoms with Crippen LogP contribution in [0.4, 0.5) is 10.6 Å². The molecule has 194 valence electrons. The summed E-state index contributed by atoms with van der Waals surface area (Å²) in [6, 6.07) is 9.06. The number of nitrogens with one attached hydrogen (secondary N) is 1. The summed E-state index contributed by atoms with van der Waals surface area (Å²) in [6.07, 6.45) is 4.18. The average molecular weight is 505 g/mol. The molecule has 1 aliphatic carbocycles. The molecule has 1 aliphatic heterocycles. The number of carbonyl (C=O) groups is 2. The van der Waals surface area contributed by atoms with Crippen molar-refractivity contribution in [2.24, 2.45) is 5.73 Å². The van der Waals surface area contributed by atoms with Crippen molar-refractivity contribution >= 4 is 28.9 Å². The number of carbonyl (C=O) groups excluding carboxylic acids is 2. The Bertz CT molecular complexity index is 1350. The Morgan fingerprint density at radius 3 is 2.54 bits per heavy atom. The van der Waals surface area contributed by atoms with Gasteiger partial charge in [0.1, 0.15) is 23.0 Å². The van der Waals surface area contributed by atoms with Crippen LogP contribution in [-0.4, -0.2) is 61.7 Å². The number of aliphatic hydroxyl groups is 1. The molecule has 2 aliphatic rings. The van der Waals surface area contributed by atoms with E-state index in [1.54, 1.807) is 11.0 Å². The van der Waals surface area contributed by atoms with Gasteiger partial charge in [0, 0.05) is 24.7 Å². The summed E-state index contributed by atoms with van der Waals surface area (Å²) >= 11 is 0. The van der Waals surface area contributed by atoms with Crippen molar-refractivity contribution in [1.29, 1.82) is 0 Å². The molecular weight excluding hydrogens is 472 g/mol. The largest absolute Gasteiger partial charge is 0.444 e. The number of likely N-dealkylation sites (tertiary alicyclic amines) is 1. The molecule has 2 fully saturated rings. The van der Waals surface area contributed by atoms with Gasteiger partial charge in [0.25, 0.3) is 5.91 Å². The number of fused-ring (bicyclic) bond motifs is 1. The molecule has 3 heterocycles. The summed E-state index contributed by atoms with van der Waals surface area (Å²) in [5.41, 5.74) is 7.63. The molecule has 0 unspecified atom stereocenters. The molecule has 1 aromatic carbocycles. The maximum atomic E-state index is 12.6. The molecule has 37 heavy (non-hydrogen) atoms. The zero-order valence-corrected chi connectivity index (χ0v) is 21.3. The van der Waals surface area contributed by atoms with Crippen molar-refractivity contribution in [3.63, 3.8) is 0 Å². The Balaban J connectivity index is 1.45. The smallest absolute Gasteiger partial charge is 0.410 e. The number of nitrogens with zero attached hydrogens (tertiary/aromatic N) is 4. The number of ether oxygens (including phenoxy) is 1. The Kier molecular flexibility index (Phi) is 6.23. The number of anilines is 1. The Morgan fingerprint density at radius 1 is 1.16 bits per heavy atom. The van der Waals surface area contributed by atoms with Gasteiger partial charge in [-0.25, -0.2) is 19.7 Å². The van der Waals surface area contributed by atoms with Crippen LogP contribution in [0.2, 0.25) is 0 Å². The Morgan fingerprint density at radius 2 is 1.89 bits per heavy atom. The van der Waals surface area contributed by atoms with E-state index in [0.29, 0.717) is 35.6 Å². The molecule has 1 saturated heterocycles. The lowest BCUT2D eigenvalue weighted by molar-refractivity contribution is 0.0206. The minimum Gasteiger partial charge on any atom is -0.444 e. The molecule has 1 atom stereocenters. The second-order valence-electron chi connectivity index (χ2n) is 10.9. The normalized spacial score (nSPS) is 18.9. The molecule has 2 aromatic heterocycles. The summed E-state index contributed by atoms with van der Waals surface area (Å²) in [7, 11) is 0. The molecule has 2 amide bonds. The first kappa shape index (κ1) is 24.9. The van der Waals surface area contributed by atoms with E-state index in [9.17, 15) is 14.7 Å². The summed E-state index contributed by atoms with van der Waals surface area (Å²) < 4.78 is 5.54. The third-order valence-electron chi connectivity index (χ3n) is 6.71. The summed E-state index contributed by atoms with van der Waals surface area (Å²) in [5.74, 6) is -0.148. The molecular formula is C27H32N6O4. The van der Waals surface area contributed by atoms with E-state index in [2.05, 4.69) is 15.3 Å². The van der Waals surface area contributed by atoms with Gasteiger partial charge in [0.05, 0.1) is 16.9 Å². The van der Waals surface area contributed by atoms with Gasteiger partial charge < -0.3 is 25.8 Å². The van der Waals surface area contributed by atoms with Crippen molar-refractivity contribution in [3.05, 3.63) is 47.8 Å². The van der Waals surface area contributed by atoms with E-state index in [0.717, 1.165) is 36.8 Å². The highest BCUT2D eigenvalue weighted by molar-refractivity contribution is 6.06. The van der Waals surface area contributed by atoms with E-state index in [4.69, 9.17) is 15.5 Å². The number of hydrogen-bond donors (Lipinski definition) is 3. The first-order chi connectivity index (χ1) is 17.5. The quantitative estimate of drug-likeness (QED) is 0.478. The van der Waals surface area contributed by atoms with Gasteiger partial charge in [0.15, 0.2) is 5.82 Å². The number of aromatic nitrogens is 3. The summed E-state index contributed by atoms with van der Waals surface area (Å²) in [5, 5.41) is 13.8. The second-order valence-corrected chi connectivity index (χ2v) is 10.9. The predicted octanol–water partition coefficient (Wildman–Crippen LogP) is 3.58. The van der Waals surface area contributed by atoms with Crippen LogP contribution in [0.15, 0.2) is 36.7 Å². The molecule has 0 bridgehead atoms. The zero-order valence-electron chi connectivity index (χ0n) is 21.3. The van der Waals surface area contributed by atoms with Gasteiger partial charge in [-0.2, -0.15) is 0 Å². The van der Waals surface area contributed by atoms with Crippen LogP contribution in [0.5, 0.6) is 0 Å². The topological polar surface area (TPSA) is 144 Å². The fourth-order valence-electron chi connectivity index (χ4n) is 4.62. The Labute approximate surface area is 215 Å². The molecule has 0 spiro atoms. The van der Waals surface area contributed by atoms with Gasteiger partial charge in [-0.15, -0.1) is 0 Å². The number of benzene rings is 1. The average Bonchev–Trinajstić information content (AvgIpc) is 3.61. The van der Waals surface area contributed by atoms with Crippen LogP contribution in [0.3, 0.4) is 0 Å². The molecule has 3 aromatic rings. The standard InChI is InChI=1S/C27H32N6O4/c1-26(2,3)37-25(35)33-12-4-5-18(14-33)31-24-22-21(29-15-30-24)19(23(28)34)13-20(32-22)16-6-8-17(9-7-16)27(36)10-11-27/h6-9,13,15,18,36H,4-5,10-12,14H2,1-3H3,(H2,28,34)(H,29,30,31)/t18-/m0/s1. The van der Waals surface area contributed by atoms with E-state index in [-0.39, 0.29) is 17.7 Å². The minimum atomic E-state index is -0.730. The maximum absolute atomic E-state index is 12.6. The number of pyridine rings is 1. The van der Waals surface area contributed by atoms with E-state index in [1.165, 1.54) is 6.33 Å². The van der Waals surface area contributed by atoms with E-state index < -0.39 is 17.1 Å². The lowest BCUT2D eigenvalue weighted by Crippen LogP contribution is -2.47. The second kappa shape index (κ2) is 9.26. The van der Waals surface area contributed by atoms with Crippen molar-refractivity contribution < 1.29 is 19.4 Å². The van der Waals surface area contributed by atoms with Crippen LogP contribution < -0.4 is 11.1 Å². The number of piperidine rings is 1. The third kappa shape index (κ3) is 5.34. The fourth-order valence-corrected chi connectivity index (χ4v) is 4.62. The molecule has 10 heteroatoms. The number of primary amides is 1. The van der Waals surface area contributed by atoms with Gasteiger partial charge in [-0.3, -0.25) is 4.79 Å². The number of amides is 2. The van der Waals surface area contributed by atoms with Crippen LogP contribution in [0, 0.1) is 0 Å². The highest BCUT2D eigenvalue weighted by Gasteiger charge is 2.41. The maximum Gasteiger partial charge on any atom is 0.410 e. The van der Waals surface area contributed by atoms with Crippen molar-refractivity contribution in [2.45, 2.75) is 63.7 Å². The van der Waals surface area contributed by atoms with Crippen molar-refractivity contribution in [1.82, 2.24) is 19.9 Å². The van der Waals surface area contributed by atoms with Gasteiger partial charge in [-0.05, 0) is 58.1 Å². The predicted molar refractivity (Wildman–Crippen MR) is 139 cm³/mol. The highest BCUT2D eigenvalue weighted by atomic mass is 16.6. The summed E-state index contributed by atoms with van der Waals surface area (Å²) in [4.78, 5) is 40.2. The summed E-state index contributed by atoms with van der Waals surface area (Å²) in [6.45, 7) is 6.61. The number of hydrogen-bond acceptors (Lipinski definition) is 8. The van der Waals surface area contributed by atoms with Gasteiger partial charge in [-0.1, -0.05) is 24.3 Å². The molecule has 10 nitrogen and oxygen atoms in total. The zero-order chi connectivity index (χ0) is 26.4. The lowest BCUT2D eigenvalue weighted by atomic mass is 10.0. The van der Waals surface area contributed by atoms with Crippen LogP contribution in [0.1, 0.15) is 62.4 Å². The first-order valence-corrected chi connectivity index (χ1v) is 12.6. The van der Waals surface area contributed by atoms with Crippen LogP contribution >= 0.6 is 0 Å². The minimum absolute atomic E-state index is 0.0829. The Hall–Kier alpha value is -3.79. The molecule has 0 radical (unpaired) electrons. The molecule has 5 rings (SSSR count). The van der Waals surface area contributed by atoms with E-state index in [1.807, 2.05) is 45.0 Å². The third-order valence-corrected chi connectivity index (χ3v) is 6.71. The van der Waals surface area contributed by atoms with E-state index >= 15 is 0 Å². The van der Waals surface area contributed by atoms with Crippen molar-refractivity contribution in [2.75, 3.05) is 18.4 Å². The number of rotatable bonds is 5.